The minimum atomic E-state index is -0.634. The lowest BCUT2D eigenvalue weighted by Gasteiger charge is -2.25. The Labute approximate surface area is 119 Å². The van der Waals surface area contributed by atoms with Crippen molar-refractivity contribution in [2.45, 2.75) is 26.3 Å². The average molecular weight is 275 g/mol. The van der Waals surface area contributed by atoms with Crippen molar-refractivity contribution in [3.05, 3.63) is 29.8 Å². The molecule has 108 valence electrons. The van der Waals surface area contributed by atoms with Crippen molar-refractivity contribution in [1.82, 2.24) is 4.90 Å². The predicted octanol–water partition coefficient (Wildman–Crippen LogP) is 1.27. The standard InChI is InChI=1S/C15H21N3O2/c1-3-18(10-11(2)9-16)15(20)14(17)8-12-4-6-13(19)7-5-12/h4-7,11,14,19H,3,8,10,17H2,1-2H3/t11?,14-/m0/s1. The van der Waals surface area contributed by atoms with E-state index in [2.05, 4.69) is 6.07 Å². The van der Waals surface area contributed by atoms with Gasteiger partial charge in [-0.1, -0.05) is 12.1 Å². The Hall–Kier alpha value is -2.06. The van der Waals surface area contributed by atoms with Gasteiger partial charge in [-0.15, -0.1) is 0 Å². The number of nitrogens with two attached hydrogens (primary N) is 1. The van der Waals surface area contributed by atoms with Crippen LogP contribution in [0.3, 0.4) is 0 Å². The van der Waals surface area contributed by atoms with Crippen molar-refractivity contribution < 1.29 is 9.90 Å². The Kier molecular flexibility index (Phi) is 6.01. The van der Waals surface area contributed by atoms with Crippen LogP contribution >= 0.6 is 0 Å². The summed E-state index contributed by atoms with van der Waals surface area (Å²) in [5.74, 6) is -0.172. The van der Waals surface area contributed by atoms with Gasteiger partial charge in [0.25, 0.3) is 0 Å². The lowest BCUT2D eigenvalue weighted by molar-refractivity contribution is -0.132. The van der Waals surface area contributed by atoms with E-state index in [0.717, 1.165) is 5.56 Å². The first-order valence-electron chi connectivity index (χ1n) is 6.69. The van der Waals surface area contributed by atoms with Crippen molar-refractivity contribution in [2.24, 2.45) is 11.7 Å². The van der Waals surface area contributed by atoms with Crippen LogP contribution in [0.2, 0.25) is 0 Å². The number of aromatic hydroxyl groups is 1. The molecule has 0 heterocycles. The third-order valence-corrected chi connectivity index (χ3v) is 3.12. The van der Waals surface area contributed by atoms with Gasteiger partial charge in [0, 0.05) is 13.1 Å². The highest BCUT2D eigenvalue weighted by molar-refractivity contribution is 5.82. The predicted molar refractivity (Wildman–Crippen MR) is 76.8 cm³/mol. The number of hydrogen-bond donors (Lipinski definition) is 2. The minimum Gasteiger partial charge on any atom is -0.508 e. The fourth-order valence-electron chi connectivity index (χ4n) is 1.95. The first-order chi connectivity index (χ1) is 9.47. The molecule has 0 saturated heterocycles. The lowest BCUT2D eigenvalue weighted by Crippen LogP contribution is -2.46. The summed E-state index contributed by atoms with van der Waals surface area (Å²) in [6.07, 6.45) is 0.413. The van der Waals surface area contributed by atoms with Gasteiger partial charge < -0.3 is 15.7 Å². The molecule has 0 fully saturated rings. The zero-order valence-corrected chi connectivity index (χ0v) is 11.9. The first-order valence-corrected chi connectivity index (χ1v) is 6.69. The number of carbonyl (C=O) groups excluding carboxylic acids is 1. The number of likely N-dealkylation sites (N-methyl/N-ethyl adjacent to an activating group) is 1. The number of phenols is 1. The van der Waals surface area contributed by atoms with Gasteiger partial charge in [-0.3, -0.25) is 4.79 Å². The Morgan fingerprint density at radius 1 is 1.45 bits per heavy atom. The SMILES string of the molecule is CCN(CC(C)C#N)C(=O)[C@@H](N)Cc1ccc(O)cc1. The second-order valence-electron chi connectivity index (χ2n) is 4.88. The maximum Gasteiger partial charge on any atom is 0.239 e. The molecule has 0 aliphatic heterocycles. The van der Waals surface area contributed by atoms with Crippen molar-refractivity contribution >= 4 is 5.91 Å². The average Bonchev–Trinajstić information content (AvgIpc) is 2.46. The summed E-state index contributed by atoms with van der Waals surface area (Å²) in [5, 5.41) is 18.0. The maximum absolute atomic E-state index is 12.2. The van der Waals surface area contributed by atoms with E-state index in [0.29, 0.717) is 19.5 Å². The van der Waals surface area contributed by atoms with Crippen LogP contribution in [0.4, 0.5) is 0 Å². The summed E-state index contributed by atoms with van der Waals surface area (Å²) < 4.78 is 0. The number of carbonyl (C=O) groups is 1. The van der Waals surface area contributed by atoms with Crippen LogP contribution in [-0.4, -0.2) is 35.0 Å². The number of amides is 1. The third kappa shape index (κ3) is 4.56. The Morgan fingerprint density at radius 3 is 2.55 bits per heavy atom. The van der Waals surface area contributed by atoms with E-state index >= 15 is 0 Å². The van der Waals surface area contributed by atoms with E-state index in [1.54, 1.807) is 36.1 Å². The van der Waals surface area contributed by atoms with Crippen LogP contribution in [-0.2, 0) is 11.2 Å². The van der Waals surface area contributed by atoms with Gasteiger partial charge in [-0.05, 0) is 38.0 Å². The molecule has 1 unspecified atom stereocenters. The summed E-state index contributed by atoms with van der Waals surface area (Å²) in [5.41, 5.74) is 6.84. The van der Waals surface area contributed by atoms with Crippen molar-refractivity contribution in [3.63, 3.8) is 0 Å². The van der Waals surface area contributed by atoms with Gasteiger partial charge in [0.2, 0.25) is 5.91 Å². The zero-order valence-electron chi connectivity index (χ0n) is 11.9. The smallest absolute Gasteiger partial charge is 0.239 e. The Morgan fingerprint density at radius 2 is 2.05 bits per heavy atom. The van der Waals surface area contributed by atoms with Gasteiger partial charge in [0.15, 0.2) is 0 Å². The van der Waals surface area contributed by atoms with Crippen molar-refractivity contribution in [2.75, 3.05) is 13.1 Å². The zero-order chi connectivity index (χ0) is 15.1. The van der Waals surface area contributed by atoms with E-state index in [4.69, 9.17) is 11.0 Å². The molecule has 0 saturated carbocycles. The van der Waals surface area contributed by atoms with Crippen molar-refractivity contribution in [3.8, 4) is 11.8 Å². The maximum atomic E-state index is 12.2. The van der Waals surface area contributed by atoms with Crippen LogP contribution in [0.5, 0.6) is 5.75 Å². The summed E-state index contributed by atoms with van der Waals surface area (Å²) >= 11 is 0. The molecule has 3 N–H and O–H groups in total. The molecule has 1 aromatic rings. The molecular formula is C15H21N3O2. The largest absolute Gasteiger partial charge is 0.508 e. The molecule has 2 atom stereocenters. The summed E-state index contributed by atoms with van der Waals surface area (Å²) in [4.78, 5) is 13.8. The summed E-state index contributed by atoms with van der Waals surface area (Å²) in [6.45, 7) is 4.58. The normalized spacial score (nSPS) is 13.3. The molecule has 0 bridgehead atoms. The topological polar surface area (TPSA) is 90.4 Å². The van der Waals surface area contributed by atoms with E-state index < -0.39 is 6.04 Å². The van der Waals surface area contributed by atoms with Crippen molar-refractivity contribution in [1.29, 1.82) is 5.26 Å². The summed E-state index contributed by atoms with van der Waals surface area (Å²) in [7, 11) is 0. The van der Waals surface area contributed by atoms with E-state index in [9.17, 15) is 9.90 Å². The molecule has 0 aliphatic carbocycles. The third-order valence-electron chi connectivity index (χ3n) is 3.12. The fourth-order valence-corrected chi connectivity index (χ4v) is 1.95. The Bertz CT molecular complexity index is 479. The molecule has 1 amide bonds. The highest BCUT2D eigenvalue weighted by Gasteiger charge is 2.21. The summed E-state index contributed by atoms with van der Waals surface area (Å²) in [6, 6.07) is 8.12. The van der Waals surface area contributed by atoms with Crippen LogP contribution in [0, 0.1) is 17.2 Å². The molecule has 0 spiro atoms. The van der Waals surface area contributed by atoms with Gasteiger partial charge in [-0.25, -0.2) is 0 Å². The van der Waals surface area contributed by atoms with Gasteiger partial charge in [0.1, 0.15) is 5.75 Å². The molecule has 0 radical (unpaired) electrons. The second-order valence-corrected chi connectivity index (χ2v) is 4.88. The van der Waals surface area contributed by atoms with Crippen LogP contribution in [0.25, 0.3) is 0 Å². The second kappa shape index (κ2) is 7.51. The number of nitriles is 1. The quantitative estimate of drug-likeness (QED) is 0.818. The number of benzene rings is 1. The number of nitrogens with zero attached hydrogens (tertiary/aromatic N) is 2. The number of phenolic OH excluding ortho intramolecular Hbond substituents is 1. The van der Waals surface area contributed by atoms with Gasteiger partial charge >= 0.3 is 0 Å². The molecule has 0 aliphatic rings. The Balaban J connectivity index is 2.65. The van der Waals surface area contributed by atoms with Gasteiger partial charge in [0.05, 0.1) is 18.0 Å². The van der Waals surface area contributed by atoms with E-state index in [-0.39, 0.29) is 17.6 Å². The monoisotopic (exact) mass is 275 g/mol. The van der Waals surface area contributed by atoms with Crippen LogP contribution in [0.1, 0.15) is 19.4 Å². The highest BCUT2D eigenvalue weighted by atomic mass is 16.3. The molecule has 20 heavy (non-hydrogen) atoms. The highest BCUT2D eigenvalue weighted by Crippen LogP contribution is 2.12. The van der Waals surface area contributed by atoms with E-state index in [1.165, 1.54) is 0 Å². The first kappa shape index (κ1) is 16.0. The molecule has 5 heteroatoms. The molecule has 5 nitrogen and oxygen atoms in total. The van der Waals surface area contributed by atoms with Crippen LogP contribution in [0.15, 0.2) is 24.3 Å². The number of hydrogen-bond acceptors (Lipinski definition) is 4. The fraction of sp³-hybridized carbons (Fsp3) is 0.467. The number of rotatable bonds is 6. The molecule has 1 rings (SSSR count). The minimum absolute atomic E-state index is 0.150. The lowest BCUT2D eigenvalue weighted by atomic mass is 10.0. The van der Waals surface area contributed by atoms with Gasteiger partial charge in [-0.2, -0.15) is 5.26 Å². The van der Waals surface area contributed by atoms with E-state index in [1.807, 2.05) is 6.92 Å². The molecular weight excluding hydrogens is 254 g/mol. The van der Waals surface area contributed by atoms with Crippen LogP contribution < -0.4 is 5.73 Å². The molecule has 0 aromatic heterocycles. The molecule has 1 aromatic carbocycles.